The predicted molar refractivity (Wildman–Crippen MR) is 88.2 cm³/mol. The Morgan fingerprint density at radius 1 is 1.24 bits per heavy atom. The number of hydrogen-bond donors (Lipinski definition) is 0. The lowest BCUT2D eigenvalue weighted by Crippen LogP contribution is -2.55. The molecule has 0 radical (unpaired) electrons. The summed E-state index contributed by atoms with van der Waals surface area (Å²) < 4.78 is 0. The van der Waals surface area contributed by atoms with Gasteiger partial charge in [0.15, 0.2) is 0 Å². The Hall–Kier alpha value is -1.32. The lowest BCUT2D eigenvalue weighted by atomic mass is 10.1. The third-order valence-corrected chi connectivity index (χ3v) is 5.27. The van der Waals surface area contributed by atoms with Crippen molar-refractivity contribution in [1.82, 2.24) is 9.88 Å². The number of pyridine rings is 1. The molecule has 3 heterocycles. The number of aromatic nitrogens is 1. The average Bonchev–Trinajstić information content (AvgIpc) is 2.94. The van der Waals surface area contributed by atoms with Crippen LogP contribution in [0.15, 0.2) is 30.5 Å². The molecule has 1 aromatic carbocycles. The highest BCUT2D eigenvalue weighted by molar-refractivity contribution is 6.35. The Morgan fingerprint density at radius 2 is 2.14 bits per heavy atom. The average molecular weight is 302 g/mol. The monoisotopic (exact) mass is 301 g/mol. The SMILES string of the molecule is CC1CN2CCCC2CN1c1ccc(Cl)c2cccnc12. The van der Waals surface area contributed by atoms with Crippen LogP contribution in [0.25, 0.3) is 10.9 Å². The summed E-state index contributed by atoms with van der Waals surface area (Å²) >= 11 is 6.33. The van der Waals surface area contributed by atoms with Crippen molar-refractivity contribution >= 4 is 28.2 Å². The van der Waals surface area contributed by atoms with Gasteiger partial charge >= 0.3 is 0 Å². The maximum Gasteiger partial charge on any atom is 0.0950 e. The molecule has 2 saturated heterocycles. The van der Waals surface area contributed by atoms with Crippen LogP contribution >= 0.6 is 11.6 Å². The van der Waals surface area contributed by atoms with Crippen molar-refractivity contribution in [2.45, 2.75) is 31.8 Å². The molecule has 0 bridgehead atoms. The zero-order valence-electron chi connectivity index (χ0n) is 12.3. The highest BCUT2D eigenvalue weighted by Gasteiger charge is 2.35. The predicted octanol–water partition coefficient (Wildman–Crippen LogP) is 3.56. The molecule has 110 valence electrons. The van der Waals surface area contributed by atoms with E-state index in [1.807, 2.05) is 18.3 Å². The quantitative estimate of drug-likeness (QED) is 0.803. The van der Waals surface area contributed by atoms with E-state index in [0.717, 1.165) is 29.0 Å². The van der Waals surface area contributed by atoms with Crippen LogP contribution in [0, 0.1) is 0 Å². The van der Waals surface area contributed by atoms with Crippen LogP contribution in [0.4, 0.5) is 5.69 Å². The van der Waals surface area contributed by atoms with E-state index in [0.29, 0.717) is 12.1 Å². The van der Waals surface area contributed by atoms with Crippen LogP contribution in [0.2, 0.25) is 5.02 Å². The molecule has 2 fully saturated rings. The fourth-order valence-electron chi connectivity index (χ4n) is 3.88. The fraction of sp³-hybridized carbons (Fsp3) is 0.471. The molecule has 2 atom stereocenters. The summed E-state index contributed by atoms with van der Waals surface area (Å²) in [5.74, 6) is 0. The van der Waals surface area contributed by atoms with Crippen molar-refractivity contribution < 1.29 is 0 Å². The van der Waals surface area contributed by atoms with Gasteiger partial charge in [-0.1, -0.05) is 11.6 Å². The summed E-state index contributed by atoms with van der Waals surface area (Å²) in [5, 5.41) is 1.84. The van der Waals surface area contributed by atoms with Gasteiger partial charge in [0.1, 0.15) is 0 Å². The maximum atomic E-state index is 6.33. The van der Waals surface area contributed by atoms with E-state index >= 15 is 0 Å². The van der Waals surface area contributed by atoms with E-state index < -0.39 is 0 Å². The number of anilines is 1. The van der Waals surface area contributed by atoms with Gasteiger partial charge in [-0.15, -0.1) is 0 Å². The lowest BCUT2D eigenvalue weighted by Gasteiger charge is -2.43. The summed E-state index contributed by atoms with van der Waals surface area (Å²) in [6.45, 7) is 5.84. The first-order valence-electron chi connectivity index (χ1n) is 7.78. The Labute approximate surface area is 130 Å². The molecular formula is C17H20ClN3. The molecule has 0 spiro atoms. The number of nitrogens with zero attached hydrogens (tertiary/aromatic N) is 3. The second-order valence-electron chi connectivity index (χ2n) is 6.26. The topological polar surface area (TPSA) is 19.4 Å². The van der Waals surface area contributed by atoms with E-state index in [4.69, 9.17) is 11.6 Å². The van der Waals surface area contributed by atoms with Gasteiger partial charge in [0.2, 0.25) is 0 Å². The minimum Gasteiger partial charge on any atom is -0.364 e. The number of halogens is 1. The minimum atomic E-state index is 0.519. The minimum absolute atomic E-state index is 0.519. The van der Waals surface area contributed by atoms with E-state index in [1.165, 1.54) is 25.1 Å². The van der Waals surface area contributed by atoms with Gasteiger partial charge in [-0.3, -0.25) is 9.88 Å². The van der Waals surface area contributed by atoms with Gasteiger partial charge in [0.05, 0.1) is 16.2 Å². The number of benzene rings is 1. The van der Waals surface area contributed by atoms with Crippen LogP contribution in [-0.4, -0.2) is 41.6 Å². The smallest absolute Gasteiger partial charge is 0.0950 e. The zero-order chi connectivity index (χ0) is 14.4. The first kappa shape index (κ1) is 13.4. The van der Waals surface area contributed by atoms with Crippen molar-refractivity contribution in [3.8, 4) is 0 Å². The van der Waals surface area contributed by atoms with Gasteiger partial charge in [-0.25, -0.2) is 0 Å². The first-order chi connectivity index (χ1) is 10.2. The maximum absolute atomic E-state index is 6.33. The van der Waals surface area contributed by atoms with Crippen LogP contribution in [0.3, 0.4) is 0 Å². The Balaban J connectivity index is 1.77. The van der Waals surface area contributed by atoms with E-state index in [9.17, 15) is 0 Å². The summed E-state index contributed by atoms with van der Waals surface area (Å²) in [6, 6.07) is 9.38. The standard InChI is InChI=1S/C17H20ClN3/c1-12-10-20-9-3-4-13(20)11-21(12)16-7-6-15(18)14-5-2-8-19-17(14)16/h2,5-8,12-13H,3-4,9-11H2,1H3. The van der Waals surface area contributed by atoms with Gasteiger partial charge in [0.25, 0.3) is 0 Å². The molecule has 3 nitrogen and oxygen atoms in total. The van der Waals surface area contributed by atoms with E-state index in [-0.39, 0.29) is 0 Å². The highest BCUT2D eigenvalue weighted by atomic mass is 35.5. The van der Waals surface area contributed by atoms with Crippen LogP contribution in [0.1, 0.15) is 19.8 Å². The van der Waals surface area contributed by atoms with Crippen molar-refractivity contribution in [2.24, 2.45) is 0 Å². The molecule has 4 rings (SSSR count). The molecular weight excluding hydrogens is 282 g/mol. The molecule has 0 amide bonds. The third kappa shape index (κ3) is 2.19. The fourth-order valence-corrected chi connectivity index (χ4v) is 4.09. The van der Waals surface area contributed by atoms with Crippen molar-refractivity contribution in [3.05, 3.63) is 35.5 Å². The molecule has 0 aliphatic carbocycles. The summed E-state index contributed by atoms with van der Waals surface area (Å²) in [5.41, 5.74) is 2.26. The number of hydrogen-bond acceptors (Lipinski definition) is 3. The van der Waals surface area contributed by atoms with Crippen LogP contribution < -0.4 is 4.90 Å². The Bertz CT molecular complexity index is 672. The van der Waals surface area contributed by atoms with Crippen molar-refractivity contribution in [2.75, 3.05) is 24.5 Å². The molecule has 21 heavy (non-hydrogen) atoms. The molecule has 0 saturated carbocycles. The van der Waals surface area contributed by atoms with Crippen LogP contribution in [0.5, 0.6) is 0 Å². The van der Waals surface area contributed by atoms with Gasteiger partial charge < -0.3 is 4.90 Å². The van der Waals surface area contributed by atoms with E-state index in [2.05, 4.69) is 33.8 Å². The molecule has 2 aliphatic heterocycles. The largest absolute Gasteiger partial charge is 0.364 e. The van der Waals surface area contributed by atoms with Gasteiger partial charge in [0, 0.05) is 36.8 Å². The zero-order valence-corrected chi connectivity index (χ0v) is 13.1. The highest BCUT2D eigenvalue weighted by Crippen LogP contribution is 2.34. The third-order valence-electron chi connectivity index (χ3n) is 4.94. The summed E-state index contributed by atoms with van der Waals surface area (Å²) in [7, 11) is 0. The van der Waals surface area contributed by atoms with Crippen molar-refractivity contribution in [3.63, 3.8) is 0 Å². The van der Waals surface area contributed by atoms with Crippen molar-refractivity contribution in [1.29, 1.82) is 0 Å². The molecule has 2 aromatic rings. The Kier molecular flexibility index (Phi) is 3.27. The normalized spacial score (nSPS) is 26.3. The molecule has 2 unspecified atom stereocenters. The van der Waals surface area contributed by atoms with Gasteiger partial charge in [-0.2, -0.15) is 0 Å². The van der Waals surface area contributed by atoms with Gasteiger partial charge in [-0.05, 0) is 50.6 Å². The summed E-state index contributed by atoms with van der Waals surface area (Å²) in [4.78, 5) is 9.77. The number of rotatable bonds is 1. The molecule has 2 aliphatic rings. The Morgan fingerprint density at radius 3 is 3.05 bits per heavy atom. The molecule has 4 heteroatoms. The first-order valence-corrected chi connectivity index (χ1v) is 8.16. The van der Waals surface area contributed by atoms with E-state index in [1.54, 1.807) is 0 Å². The molecule has 1 aromatic heterocycles. The second-order valence-corrected chi connectivity index (χ2v) is 6.67. The van der Waals surface area contributed by atoms with Crippen LogP contribution in [-0.2, 0) is 0 Å². The number of fused-ring (bicyclic) bond motifs is 2. The summed E-state index contributed by atoms with van der Waals surface area (Å²) in [6.07, 6.45) is 4.52. The number of piperazine rings is 1. The molecule has 0 N–H and O–H groups in total. The lowest BCUT2D eigenvalue weighted by molar-refractivity contribution is 0.203. The second kappa shape index (κ2) is 5.15.